The molecule has 2 rings (SSSR count). The van der Waals surface area contributed by atoms with Gasteiger partial charge in [-0.05, 0) is 12.0 Å². The maximum Gasteiger partial charge on any atom is 0.239 e. The van der Waals surface area contributed by atoms with E-state index in [1.54, 1.807) is 11.3 Å². The molecule has 1 radical (unpaired) electrons. The molecule has 1 saturated heterocycles. The highest BCUT2D eigenvalue weighted by atomic mass is 16.2. The molecule has 2 amide bonds. The lowest BCUT2D eigenvalue weighted by Gasteiger charge is -2.26. The Hall–Kier alpha value is -1.84. The van der Waals surface area contributed by atoms with Gasteiger partial charge in [-0.1, -0.05) is 30.3 Å². The molecule has 0 unspecified atom stereocenters. The van der Waals surface area contributed by atoms with Gasteiger partial charge in [-0.2, -0.15) is 0 Å². The number of hydrogen-bond donors (Lipinski definition) is 1. The Morgan fingerprint density at radius 1 is 1.35 bits per heavy atom. The molecule has 0 aliphatic carbocycles. The predicted molar refractivity (Wildman–Crippen MR) is 64.0 cm³/mol. The molecule has 1 aliphatic heterocycles. The Balaban J connectivity index is 1.83. The standard InChI is InChI=1S/C13H15N2O2/c16-12-10-15(9-8-14-12)13(17)7-6-11-4-2-1-3-5-11/h1-5,7H,6,8-10H2,(H,14,16). The van der Waals surface area contributed by atoms with E-state index in [1.807, 2.05) is 30.3 Å². The molecule has 1 N–H and O–H groups in total. The quantitative estimate of drug-likeness (QED) is 0.818. The number of hydrogen-bond acceptors (Lipinski definition) is 2. The summed E-state index contributed by atoms with van der Waals surface area (Å²) in [6, 6.07) is 9.80. The van der Waals surface area contributed by atoms with Gasteiger partial charge in [0.25, 0.3) is 0 Å². The van der Waals surface area contributed by atoms with Gasteiger partial charge in [-0.3, -0.25) is 9.59 Å². The van der Waals surface area contributed by atoms with Crippen molar-refractivity contribution in [2.24, 2.45) is 0 Å². The number of benzene rings is 1. The molecule has 1 heterocycles. The zero-order valence-electron chi connectivity index (χ0n) is 9.56. The fourth-order valence-electron chi connectivity index (χ4n) is 1.78. The maximum atomic E-state index is 11.8. The number of piperazine rings is 1. The Kier molecular flexibility index (Phi) is 3.75. The smallest absolute Gasteiger partial charge is 0.239 e. The van der Waals surface area contributed by atoms with Gasteiger partial charge < -0.3 is 10.2 Å². The van der Waals surface area contributed by atoms with Crippen molar-refractivity contribution >= 4 is 11.8 Å². The third kappa shape index (κ3) is 3.31. The van der Waals surface area contributed by atoms with Crippen molar-refractivity contribution in [1.29, 1.82) is 0 Å². The van der Waals surface area contributed by atoms with E-state index in [2.05, 4.69) is 5.32 Å². The van der Waals surface area contributed by atoms with Crippen LogP contribution in [0.3, 0.4) is 0 Å². The second-order valence-electron chi connectivity index (χ2n) is 4.00. The summed E-state index contributed by atoms with van der Waals surface area (Å²) in [5, 5.41) is 2.69. The molecule has 0 aromatic heterocycles. The molecule has 1 aromatic carbocycles. The first kappa shape index (κ1) is 11.6. The molecule has 4 heteroatoms. The van der Waals surface area contributed by atoms with Crippen LogP contribution in [0.25, 0.3) is 0 Å². The van der Waals surface area contributed by atoms with Gasteiger partial charge in [-0.25, -0.2) is 0 Å². The number of carbonyl (C=O) groups is 2. The van der Waals surface area contributed by atoms with Gasteiger partial charge in [0.1, 0.15) is 0 Å². The van der Waals surface area contributed by atoms with Crippen LogP contribution in [0.5, 0.6) is 0 Å². The lowest BCUT2D eigenvalue weighted by molar-refractivity contribution is -0.135. The van der Waals surface area contributed by atoms with Crippen molar-refractivity contribution < 1.29 is 9.59 Å². The maximum absolute atomic E-state index is 11.8. The summed E-state index contributed by atoms with van der Waals surface area (Å²) in [6.07, 6.45) is 2.24. The average molecular weight is 231 g/mol. The van der Waals surface area contributed by atoms with Gasteiger partial charge >= 0.3 is 0 Å². The number of nitrogens with zero attached hydrogens (tertiary/aromatic N) is 1. The van der Waals surface area contributed by atoms with Crippen molar-refractivity contribution in [1.82, 2.24) is 10.2 Å². The van der Waals surface area contributed by atoms with Gasteiger partial charge in [0.05, 0.1) is 13.0 Å². The van der Waals surface area contributed by atoms with Crippen molar-refractivity contribution in [3.63, 3.8) is 0 Å². The van der Waals surface area contributed by atoms with Crippen LogP contribution < -0.4 is 5.32 Å². The lowest BCUT2D eigenvalue weighted by Crippen LogP contribution is -2.50. The molecule has 17 heavy (non-hydrogen) atoms. The molecule has 89 valence electrons. The Morgan fingerprint density at radius 3 is 2.82 bits per heavy atom. The summed E-state index contributed by atoms with van der Waals surface area (Å²) < 4.78 is 0. The molecule has 4 nitrogen and oxygen atoms in total. The molecule has 0 bridgehead atoms. The van der Waals surface area contributed by atoms with Gasteiger partial charge in [0, 0.05) is 13.1 Å². The van der Waals surface area contributed by atoms with Crippen LogP contribution in [0.1, 0.15) is 5.56 Å². The topological polar surface area (TPSA) is 49.4 Å². The minimum absolute atomic E-state index is 0.0660. The highest BCUT2D eigenvalue weighted by Gasteiger charge is 2.20. The van der Waals surface area contributed by atoms with E-state index in [0.717, 1.165) is 5.56 Å². The van der Waals surface area contributed by atoms with Crippen LogP contribution in [0.4, 0.5) is 0 Å². The van der Waals surface area contributed by atoms with Crippen molar-refractivity contribution in [3.05, 3.63) is 42.3 Å². The number of carbonyl (C=O) groups excluding carboxylic acids is 2. The van der Waals surface area contributed by atoms with E-state index in [1.165, 1.54) is 0 Å². The monoisotopic (exact) mass is 231 g/mol. The van der Waals surface area contributed by atoms with E-state index in [-0.39, 0.29) is 18.4 Å². The van der Waals surface area contributed by atoms with Crippen molar-refractivity contribution in [2.45, 2.75) is 6.42 Å². The zero-order chi connectivity index (χ0) is 12.1. The van der Waals surface area contributed by atoms with E-state index in [0.29, 0.717) is 19.5 Å². The molecule has 0 atom stereocenters. The minimum Gasteiger partial charge on any atom is -0.353 e. The van der Waals surface area contributed by atoms with E-state index < -0.39 is 0 Å². The molecule has 0 spiro atoms. The third-order valence-electron chi connectivity index (χ3n) is 2.71. The highest BCUT2D eigenvalue weighted by Crippen LogP contribution is 2.04. The van der Waals surface area contributed by atoms with E-state index in [9.17, 15) is 9.59 Å². The summed E-state index contributed by atoms with van der Waals surface area (Å²) in [5.41, 5.74) is 1.10. The lowest BCUT2D eigenvalue weighted by atomic mass is 10.1. The third-order valence-corrected chi connectivity index (χ3v) is 2.71. The first-order valence-electron chi connectivity index (χ1n) is 5.68. The van der Waals surface area contributed by atoms with Crippen LogP contribution in [0, 0.1) is 6.42 Å². The highest BCUT2D eigenvalue weighted by molar-refractivity contribution is 5.90. The molecular weight excluding hydrogens is 216 g/mol. The molecular formula is C13H15N2O2. The molecule has 0 saturated carbocycles. The van der Waals surface area contributed by atoms with Gasteiger partial charge in [0.15, 0.2) is 0 Å². The zero-order valence-corrected chi connectivity index (χ0v) is 9.56. The number of nitrogens with one attached hydrogen (secondary N) is 1. The Labute approximate surface area is 101 Å². The van der Waals surface area contributed by atoms with Crippen LogP contribution in [0.15, 0.2) is 30.3 Å². The second kappa shape index (κ2) is 5.48. The van der Waals surface area contributed by atoms with E-state index >= 15 is 0 Å². The predicted octanol–water partition coefficient (Wildman–Crippen LogP) is 0.392. The van der Waals surface area contributed by atoms with Crippen LogP contribution in [-0.2, 0) is 16.0 Å². The normalized spacial score (nSPS) is 15.5. The molecule has 1 aliphatic rings. The summed E-state index contributed by atoms with van der Waals surface area (Å²) in [4.78, 5) is 24.5. The summed E-state index contributed by atoms with van der Waals surface area (Å²) in [6.45, 7) is 1.31. The average Bonchev–Trinajstić information content (AvgIpc) is 2.37. The largest absolute Gasteiger partial charge is 0.353 e. The Morgan fingerprint density at radius 2 is 2.12 bits per heavy atom. The van der Waals surface area contributed by atoms with Crippen LogP contribution in [0.2, 0.25) is 0 Å². The number of amides is 2. The SMILES string of the molecule is O=C1CN(C(=O)[CH]Cc2ccccc2)CCN1. The first-order valence-corrected chi connectivity index (χ1v) is 5.68. The summed E-state index contributed by atoms with van der Waals surface area (Å²) >= 11 is 0. The minimum atomic E-state index is -0.0855. The number of rotatable bonds is 3. The second-order valence-corrected chi connectivity index (χ2v) is 4.00. The fraction of sp³-hybridized carbons (Fsp3) is 0.308. The summed E-state index contributed by atoms with van der Waals surface area (Å²) in [7, 11) is 0. The first-order chi connectivity index (χ1) is 8.25. The van der Waals surface area contributed by atoms with Gasteiger partial charge in [-0.15, -0.1) is 0 Å². The van der Waals surface area contributed by atoms with Crippen molar-refractivity contribution in [3.8, 4) is 0 Å². The molecule has 1 fully saturated rings. The Bertz CT molecular complexity index is 403. The van der Waals surface area contributed by atoms with E-state index in [4.69, 9.17) is 0 Å². The van der Waals surface area contributed by atoms with Gasteiger partial charge in [0.2, 0.25) is 11.8 Å². The van der Waals surface area contributed by atoms with Crippen LogP contribution >= 0.6 is 0 Å². The summed E-state index contributed by atoms with van der Waals surface area (Å²) in [5.74, 6) is -0.151. The van der Waals surface area contributed by atoms with Crippen molar-refractivity contribution in [2.75, 3.05) is 19.6 Å². The molecule has 1 aromatic rings. The fourth-order valence-corrected chi connectivity index (χ4v) is 1.78. The van der Waals surface area contributed by atoms with Crippen LogP contribution in [-0.4, -0.2) is 36.3 Å².